The minimum atomic E-state index is -1.03. The van der Waals surface area contributed by atoms with Gasteiger partial charge in [0.05, 0.1) is 20.3 Å². The minimum absolute atomic E-state index is 0.238. The normalized spacial score (nSPS) is 27.9. The molecule has 2 fully saturated rings. The molecule has 2 heterocycles. The Hall–Kier alpha value is -0.650. The van der Waals surface area contributed by atoms with Crippen LogP contribution in [0, 0.1) is 5.41 Å². The Morgan fingerprint density at radius 3 is 2.40 bits per heavy atom. The molecule has 2 N–H and O–H groups in total. The van der Waals surface area contributed by atoms with E-state index in [1.54, 1.807) is 0 Å². The van der Waals surface area contributed by atoms with Crippen LogP contribution in [0.1, 0.15) is 12.8 Å². The predicted octanol–water partition coefficient (Wildman–Crippen LogP) is -0.709. The number of hydrogen-bond acceptors (Lipinski definition) is 5. The van der Waals surface area contributed by atoms with Gasteiger partial charge in [-0.2, -0.15) is 0 Å². The molecule has 0 amide bonds. The Labute approximate surface area is 88.7 Å². The fourth-order valence-corrected chi connectivity index (χ4v) is 2.48. The molecule has 5 nitrogen and oxygen atoms in total. The number of ether oxygens (including phenoxy) is 2. The summed E-state index contributed by atoms with van der Waals surface area (Å²) in [4.78, 5) is 11.9. The Bertz CT molecular complexity index is 256. The van der Waals surface area contributed by atoms with Crippen molar-refractivity contribution in [1.82, 2.24) is 5.32 Å². The molecule has 86 valence electrons. The molecule has 0 spiro atoms. The summed E-state index contributed by atoms with van der Waals surface area (Å²) in [5.41, 5.74) is -1.80. The lowest BCUT2D eigenvalue weighted by molar-refractivity contribution is -0.250. The first-order valence-corrected chi connectivity index (χ1v) is 5.24. The number of methoxy groups -OCH3 is 1. The molecule has 0 atom stereocenters. The van der Waals surface area contributed by atoms with Crippen molar-refractivity contribution in [2.45, 2.75) is 18.4 Å². The van der Waals surface area contributed by atoms with Gasteiger partial charge in [0.25, 0.3) is 0 Å². The van der Waals surface area contributed by atoms with Crippen LogP contribution in [0.4, 0.5) is 0 Å². The van der Waals surface area contributed by atoms with Crippen LogP contribution in [-0.2, 0) is 14.3 Å². The second kappa shape index (κ2) is 3.73. The Kier molecular flexibility index (Phi) is 2.70. The number of hydrogen-bond donors (Lipinski definition) is 2. The number of nitrogens with one attached hydrogen (secondary N) is 1. The first kappa shape index (κ1) is 10.9. The summed E-state index contributed by atoms with van der Waals surface area (Å²) in [6.07, 6.45) is 1.22. The maximum Gasteiger partial charge on any atom is 0.315 e. The van der Waals surface area contributed by atoms with Crippen molar-refractivity contribution in [2.75, 3.05) is 33.4 Å². The molecule has 2 saturated heterocycles. The molecule has 0 aromatic carbocycles. The fraction of sp³-hybridized carbons (Fsp3) is 0.900. The van der Waals surface area contributed by atoms with Crippen molar-refractivity contribution in [3.63, 3.8) is 0 Å². The predicted molar refractivity (Wildman–Crippen MR) is 52.3 cm³/mol. The van der Waals surface area contributed by atoms with E-state index in [2.05, 4.69) is 5.32 Å². The van der Waals surface area contributed by atoms with Gasteiger partial charge < -0.3 is 19.9 Å². The topological polar surface area (TPSA) is 67.8 Å². The summed E-state index contributed by atoms with van der Waals surface area (Å²) >= 11 is 0. The van der Waals surface area contributed by atoms with Gasteiger partial charge in [0.1, 0.15) is 11.0 Å². The van der Waals surface area contributed by atoms with E-state index in [1.807, 2.05) is 0 Å². The van der Waals surface area contributed by atoms with Crippen molar-refractivity contribution < 1.29 is 19.4 Å². The Balaban J connectivity index is 2.25. The van der Waals surface area contributed by atoms with Crippen LogP contribution >= 0.6 is 0 Å². The van der Waals surface area contributed by atoms with Gasteiger partial charge in [-0.25, -0.2) is 0 Å². The molecule has 2 rings (SSSR count). The van der Waals surface area contributed by atoms with Crippen LogP contribution in [0.5, 0.6) is 0 Å². The third kappa shape index (κ3) is 1.46. The maximum atomic E-state index is 11.9. The van der Waals surface area contributed by atoms with Crippen molar-refractivity contribution in [1.29, 1.82) is 0 Å². The van der Waals surface area contributed by atoms with E-state index >= 15 is 0 Å². The SMILES string of the molecule is COC(=O)C1(C2(O)COC2)CCNCC1. The number of carbonyl (C=O) groups excluding carboxylic acids is 1. The molecule has 0 unspecified atom stereocenters. The van der Waals surface area contributed by atoms with Crippen LogP contribution in [0.3, 0.4) is 0 Å². The molecule has 2 aliphatic rings. The maximum absolute atomic E-state index is 11.9. The highest BCUT2D eigenvalue weighted by Crippen LogP contribution is 2.45. The van der Waals surface area contributed by atoms with Gasteiger partial charge in [-0.1, -0.05) is 0 Å². The average molecular weight is 215 g/mol. The lowest BCUT2D eigenvalue weighted by Crippen LogP contribution is -2.67. The Morgan fingerprint density at radius 1 is 1.40 bits per heavy atom. The van der Waals surface area contributed by atoms with Gasteiger partial charge >= 0.3 is 5.97 Å². The monoisotopic (exact) mass is 215 g/mol. The number of aliphatic hydroxyl groups is 1. The zero-order chi connectivity index (χ0) is 10.9. The number of piperidine rings is 1. The molecule has 2 aliphatic heterocycles. The second-order valence-corrected chi connectivity index (χ2v) is 4.35. The van der Waals surface area contributed by atoms with Gasteiger partial charge in [-0.15, -0.1) is 0 Å². The zero-order valence-corrected chi connectivity index (χ0v) is 8.91. The highest BCUT2D eigenvalue weighted by molar-refractivity contribution is 5.79. The van der Waals surface area contributed by atoms with Crippen LogP contribution < -0.4 is 5.32 Å². The van der Waals surface area contributed by atoms with Gasteiger partial charge in [0.2, 0.25) is 0 Å². The van der Waals surface area contributed by atoms with E-state index in [0.717, 1.165) is 13.1 Å². The van der Waals surface area contributed by atoms with Crippen LogP contribution in [0.25, 0.3) is 0 Å². The van der Waals surface area contributed by atoms with Crippen molar-refractivity contribution >= 4 is 5.97 Å². The van der Waals surface area contributed by atoms with Crippen molar-refractivity contribution in [2.24, 2.45) is 5.41 Å². The summed E-state index contributed by atoms with van der Waals surface area (Å²) in [7, 11) is 1.37. The summed E-state index contributed by atoms with van der Waals surface area (Å²) < 4.78 is 9.87. The molecule has 0 aromatic heterocycles. The zero-order valence-electron chi connectivity index (χ0n) is 8.91. The molecule has 0 aliphatic carbocycles. The molecule has 0 radical (unpaired) electrons. The van der Waals surface area contributed by atoms with Gasteiger partial charge in [-0.05, 0) is 25.9 Å². The number of carbonyl (C=O) groups is 1. The fourth-order valence-electron chi connectivity index (χ4n) is 2.48. The second-order valence-electron chi connectivity index (χ2n) is 4.35. The number of rotatable bonds is 2. The molecule has 0 bridgehead atoms. The van der Waals surface area contributed by atoms with Gasteiger partial charge in [0, 0.05) is 0 Å². The van der Waals surface area contributed by atoms with Crippen molar-refractivity contribution in [3.8, 4) is 0 Å². The minimum Gasteiger partial charge on any atom is -0.469 e. The molecule has 15 heavy (non-hydrogen) atoms. The van der Waals surface area contributed by atoms with E-state index in [0.29, 0.717) is 12.8 Å². The lowest BCUT2D eigenvalue weighted by Gasteiger charge is -2.51. The van der Waals surface area contributed by atoms with E-state index < -0.39 is 11.0 Å². The summed E-state index contributed by atoms with van der Waals surface area (Å²) in [5.74, 6) is -0.310. The first-order valence-electron chi connectivity index (χ1n) is 5.24. The van der Waals surface area contributed by atoms with E-state index in [9.17, 15) is 9.90 Å². The summed E-state index contributed by atoms with van der Waals surface area (Å²) in [5, 5.41) is 13.5. The molecule has 0 saturated carbocycles. The van der Waals surface area contributed by atoms with Gasteiger partial charge in [-0.3, -0.25) is 4.79 Å². The summed E-state index contributed by atoms with van der Waals surface area (Å²) in [6, 6.07) is 0. The molecular formula is C10H17NO4. The number of esters is 1. The molecular weight excluding hydrogens is 198 g/mol. The highest BCUT2D eigenvalue weighted by atomic mass is 16.6. The lowest BCUT2D eigenvalue weighted by atomic mass is 9.65. The molecule has 5 heteroatoms. The van der Waals surface area contributed by atoms with Crippen molar-refractivity contribution in [3.05, 3.63) is 0 Å². The highest BCUT2D eigenvalue weighted by Gasteiger charge is 2.60. The van der Waals surface area contributed by atoms with E-state index in [-0.39, 0.29) is 19.2 Å². The third-order valence-electron chi connectivity index (χ3n) is 3.61. The largest absolute Gasteiger partial charge is 0.469 e. The standard InChI is InChI=1S/C10H17NO4/c1-14-8(12)9(2-4-11-5-3-9)10(13)6-15-7-10/h11,13H,2-7H2,1H3. The smallest absolute Gasteiger partial charge is 0.315 e. The van der Waals surface area contributed by atoms with Crippen LogP contribution in [0.15, 0.2) is 0 Å². The third-order valence-corrected chi connectivity index (χ3v) is 3.61. The average Bonchev–Trinajstić information content (AvgIpc) is 2.25. The van der Waals surface area contributed by atoms with Crippen LogP contribution in [-0.4, -0.2) is 50.1 Å². The quantitative estimate of drug-likeness (QED) is 0.596. The molecule has 0 aromatic rings. The first-order chi connectivity index (χ1) is 7.15. The van der Waals surface area contributed by atoms with E-state index in [1.165, 1.54) is 7.11 Å². The Morgan fingerprint density at radius 2 is 2.00 bits per heavy atom. The van der Waals surface area contributed by atoms with Gasteiger partial charge in [0.15, 0.2) is 0 Å². The summed E-state index contributed by atoms with van der Waals surface area (Å²) in [6.45, 7) is 1.94. The van der Waals surface area contributed by atoms with Crippen LogP contribution in [0.2, 0.25) is 0 Å². The van der Waals surface area contributed by atoms with E-state index in [4.69, 9.17) is 9.47 Å².